The lowest BCUT2D eigenvalue weighted by Gasteiger charge is -2.21. The predicted molar refractivity (Wildman–Crippen MR) is 76.7 cm³/mol. The lowest BCUT2D eigenvalue weighted by atomic mass is 9.91. The predicted octanol–water partition coefficient (Wildman–Crippen LogP) is 3.73. The molecule has 0 unspecified atom stereocenters. The largest absolute Gasteiger partial charge is 0.524 e. The van der Waals surface area contributed by atoms with E-state index in [1.54, 1.807) is 0 Å². The van der Waals surface area contributed by atoms with Crippen LogP contribution < -0.4 is 4.52 Å². The van der Waals surface area contributed by atoms with Gasteiger partial charge in [0.1, 0.15) is 5.75 Å². The molecule has 108 valence electrons. The topological polar surface area (TPSA) is 66.8 Å². The molecule has 0 fully saturated rings. The average molecular weight is 286 g/mol. The standard InChI is InChI=1S/C14H23O4P/c1-6-7-8-13-11(4)9(2)10(3)12(5)14(13)18-19(15,16)17/h6-8H2,1-5H3,(H2,15,16,17). The van der Waals surface area contributed by atoms with E-state index in [4.69, 9.17) is 14.3 Å². The summed E-state index contributed by atoms with van der Waals surface area (Å²) in [5.41, 5.74) is 5.01. The Kier molecular flexibility index (Phi) is 5.19. The number of hydrogen-bond donors (Lipinski definition) is 2. The van der Waals surface area contributed by atoms with Gasteiger partial charge < -0.3 is 4.52 Å². The van der Waals surface area contributed by atoms with Gasteiger partial charge in [-0.2, -0.15) is 0 Å². The van der Waals surface area contributed by atoms with Crippen LogP contribution >= 0.6 is 7.82 Å². The van der Waals surface area contributed by atoms with Crippen molar-refractivity contribution in [3.05, 3.63) is 27.8 Å². The Balaban J connectivity index is 3.43. The summed E-state index contributed by atoms with van der Waals surface area (Å²) in [4.78, 5) is 18.2. The van der Waals surface area contributed by atoms with E-state index >= 15 is 0 Å². The Morgan fingerprint density at radius 1 is 1.00 bits per heavy atom. The molecule has 1 aromatic carbocycles. The zero-order valence-electron chi connectivity index (χ0n) is 12.3. The van der Waals surface area contributed by atoms with Crippen LogP contribution in [0.3, 0.4) is 0 Å². The van der Waals surface area contributed by atoms with E-state index in [0.29, 0.717) is 5.75 Å². The Bertz CT molecular complexity index is 517. The molecule has 0 saturated carbocycles. The molecular formula is C14H23O4P. The molecule has 0 aliphatic rings. The molecule has 1 aromatic rings. The quantitative estimate of drug-likeness (QED) is 0.809. The first-order valence-electron chi connectivity index (χ1n) is 6.53. The highest BCUT2D eigenvalue weighted by atomic mass is 31.2. The molecule has 19 heavy (non-hydrogen) atoms. The van der Waals surface area contributed by atoms with Crippen molar-refractivity contribution in [3.8, 4) is 5.75 Å². The second-order valence-electron chi connectivity index (χ2n) is 4.99. The number of phosphoric ester groups is 1. The first kappa shape index (κ1) is 16.2. The molecule has 0 spiro atoms. The normalized spacial score (nSPS) is 11.7. The SMILES string of the molecule is CCCCc1c(C)c(C)c(C)c(C)c1OP(=O)(O)O. The van der Waals surface area contributed by atoms with Gasteiger partial charge in [0.15, 0.2) is 0 Å². The zero-order valence-corrected chi connectivity index (χ0v) is 13.2. The van der Waals surface area contributed by atoms with Crippen LogP contribution in [-0.2, 0) is 11.0 Å². The van der Waals surface area contributed by atoms with Gasteiger partial charge in [-0.15, -0.1) is 0 Å². The molecule has 0 radical (unpaired) electrons. The minimum Gasteiger partial charge on any atom is -0.404 e. The van der Waals surface area contributed by atoms with Crippen molar-refractivity contribution in [2.45, 2.75) is 53.9 Å². The molecule has 0 heterocycles. The van der Waals surface area contributed by atoms with Crippen LogP contribution in [0.25, 0.3) is 0 Å². The smallest absolute Gasteiger partial charge is 0.404 e. The van der Waals surface area contributed by atoms with Gasteiger partial charge >= 0.3 is 7.82 Å². The Morgan fingerprint density at radius 2 is 1.53 bits per heavy atom. The second-order valence-corrected chi connectivity index (χ2v) is 6.16. The summed E-state index contributed by atoms with van der Waals surface area (Å²) in [7, 11) is -4.53. The average Bonchev–Trinajstić information content (AvgIpc) is 2.31. The molecule has 0 aliphatic heterocycles. The molecular weight excluding hydrogens is 263 g/mol. The molecule has 0 bridgehead atoms. The highest BCUT2D eigenvalue weighted by molar-refractivity contribution is 7.46. The van der Waals surface area contributed by atoms with Gasteiger partial charge in [-0.3, -0.25) is 9.79 Å². The fraction of sp³-hybridized carbons (Fsp3) is 0.571. The molecule has 0 aliphatic carbocycles. The maximum atomic E-state index is 11.2. The van der Waals surface area contributed by atoms with Crippen LogP contribution in [0, 0.1) is 27.7 Å². The molecule has 0 amide bonds. The van der Waals surface area contributed by atoms with E-state index in [1.165, 1.54) is 5.56 Å². The second kappa shape index (κ2) is 6.08. The fourth-order valence-corrected chi connectivity index (χ4v) is 2.74. The number of unbranched alkanes of at least 4 members (excludes halogenated alkanes) is 1. The zero-order chi connectivity index (χ0) is 14.8. The van der Waals surface area contributed by atoms with Crippen molar-refractivity contribution in [1.82, 2.24) is 0 Å². The van der Waals surface area contributed by atoms with E-state index < -0.39 is 7.82 Å². The summed E-state index contributed by atoms with van der Waals surface area (Å²) in [5.74, 6) is 0.363. The van der Waals surface area contributed by atoms with Crippen molar-refractivity contribution in [1.29, 1.82) is 0 Å². The van der Waals surface area contributed by atoms with Crippen LogP contribution in [0.1, 0.15) is 47.6 Å². The summed E-state index contributed by atoms with van der Waals surface area (Å²) in [6, 6.07) is 0. The lowest BCUT2D eigenvalue weighted by molar-refractivity contribution is 0.281. The third-order valence-corrected chi connectivity index (χ3v) is 4.17. The van der Waals surface area contributed by atoms with Gasteiger partial charge in [0.25, 0.3) is 0 Å². The van der Waals surface area contributed by atoms with E-state index in [0.717, 1.165) is 41.5 Å². The summed E-state index contributed by atoms with van der Waals surface area (Å²) in [5, 5.41) is 0. The van der Waals surface area contributed by atoms with Crippen molar-refractivity contribution in [2.24, 2.45) is 0 Å². The maximum Gasteiger partial charge on any atom is 0.524 e. The Hall–Kier alpha value is -0.830. The number of hydrogen-bond acceptors (Lipinski definition) is 2. The maximum absolute atomic E-state index is 11.2. The molecule has 0 atom stereocenters. The molecule has 5 heteroatoms. The van der Waals surface area contributed by atoms with Crippen LogP contribution in [0.2, 0.25) is 0 Å². The highest BCUT2D eigenvalue weighted by Crippen LogP contribution is 2.43. The Labute approximate surface area is 115 Å². The lowest BCUT2D eigenvalue weighted by Crippen LogP contribution is -2.05. The van der Waals surface area contributed by atoms with Gasteiger partial charge in [0.05, 0.1) is 0 Å². The van der Waals surface area contributed by atoms with Crippen LogP contribution in [0.4, 0.5) is 0 Å². The minimum atomic E-state index is -4.53. The minimum absolute atomic E-state index is 0.363. The van der Waals surface area contributed by atoms with Crippen LogP contribution in [-0.4, -0.2) is 9.79 Å². The monoisotopic (exact) mass is 286 g/mol. The number of rotatable bonds is 5. The summed E-state index contributed by atoms with van der Waals surface area (Å²) < 4.78 is 16.1. The third-order valence-electron chi connectivity index (χ3n) is 3.75. The van der Waals surface area contributed by atoms with Gasteiger partial charge in [0, 0.05) is 0 Å². The van der Waals surface area contributed by atoms with E-state index in [2.05, 4.69) is 6.92 Å². The van der Waals surface area contributed by atoms with Gasteiger partial charge in [-0.05, 0) is 68.4 Å². The van der Waals surface area contributed by atoms with Gasteiger partial charge in [-0.1, -0.05) is 13.3 Å². The summed E-state index contributed by atoms with van der Waals surface area (Å²) in [6.07, 6.45) is 2.78. The first-order valence-corrected chi connectivity index (χ1v) is 8.06. The van der Waals surface area contributed by atoms with Crippen molar-refractivity contribution >= 4 is 7.82 Å². The number of phosphoric acid groups is 1. The highest BCUT2D eigenvalue weighted by Gasteiger charge is 2.23. The van der Waals surface area contributed by atoms with Crippen molar-refractivity contribution in [2.75, 3.05) is 0 Å². The van der Waals surface area contributed by atoms with Crippen LogP contribution in [0.15, 0.2) is 0 Å². The van der Waals surface area contributed by atoms with Crippen molar-refractivity contribution < 1.29 is 18.9 Å². The van der Waals surface area contributed by atoms with E-state index in [1.807, 2.05) is 27.7 Å². The first-order chi connectivity index (χ1) is 8.69. The molecule has 0 aromatic heterocycles. The summed E-state index contributed by atoms with van der Waals surface area (Å²) >= 11 is 0. The van der Waals surface area contributed by atoms with Crippen LogP contribution in [0.5, 0.6) is 5.75 Å². The third kappa shape index (κ3) is 3.82. The van der Waals surface area contributed by atoms with Crippen molar-refractivity contribution in [3.63, 3.8) is 0 Å². The molecule has 1 rings (SSSR count). The van der Waals surface area contributed by atoms with E-state index in [9.17, 15) is 4.57 Å². The van der Waals surface area contributed by atoms with E-state index in [-0.39, 0.29) is 0 Å². The van der Waals surface area contributed by atoms with Gasteiger partial charge in [0.2, 0.25) is 0 Å². The molecule has 4 nitrogen and oxygen atoms in total. The molecule has 2 N–H and O–H groups in total. The number of benzene rings is 1. The Morgan fingerprint density at radius 3 is 2.00 bits per heavy atom. The van der Waals surface area contributed by atoms with Gasteiger partial charge in [-0.25, -0.2) is 4.57 Å². The fourth-order valence-electron chi connectivity index (χ4n) is 2.25. The summed E-state index contributed by atoms with van der Waals surface area (Å²) in [6.45, 7) is 9.91. The molecule has 0 saturated heterocycles.